The Labute approximate surface area is 164 Å². The van der Waals surface area contributed by atoms with E-state index in [4.69, 9.17) is 9.47 Å². The van der Waals surface area contributed by atoms with Gasteiger partial charge in [-0.3, -0.25) is 4.79 Å². The number of fused-ring (bicyclic) bond motifs is 1. The first kappa shape index (κ1) is 18.5. The van der Waals surface area contributed by atoms with Gasteiger partial charge in [-0.2, -0.15) is 0 Å². The first-order valence-electron chi connectivity index (χ1n) is 9.61. The maximum absolute atomic E-state index is 13.3. The van der Waals surface area contributed by atoms with E-state index in [0.29, 0.717) is 18.7 Å². The first-order chi connectivity index (χ1) is 13.6. The molecule has 6 nitrogen and oxygen atoms in total. The fraction of sp³-hybridized carbons (Fsp3) is 0.364. The lowest BCUT2D eigenvalue weighted by molar-refractivity contribution is 0.0507. The van der Waals surface area contributed by atoms with E-state index >= 15 is 0 Å². The second-order valence-corrected chi connectivity index (χ2v) is 7.23. The molecule has 0 saturated carbocycles. The Hall–Kier alpha value is -2.86. The fourth-order valence-electron chi connectivity index (χ4n) is 3.63. The van der Waals surface area contributed by atoms with Gasteiger partial charge in [0.2, 0.25) is 0 Å². The molecule has 0 aliphatic carbocycles. The van der Waals surface area contributed by atoms with Crippen molar-refractivity contribution in [2.24, 2.45) is 0 Å². The maximum Gasteiger partial charge on any atom is 0.255 e. The van der Waals surface area contributed by atoms with Gasteiger partial charge in [0.05, 0.1) is 24.5 Å². The maximum atomic E-state index is 13.3. The number of hydrogen-bond acceptors (Lipinski definition) is 4. The zero-order chi connectivity index (χ0) is 19.5. The molecule has 1 atom stereocenters. The van der Waals surface area contributed by atoms with Crippen LogP contribution >= 0.6 is 0 Å². The summed E-state index contributed by atoms with van der Waals surface area (Å²) in [6, 6.07) is 11.6. The number of benzene rings is 1. The second kappa shape index (κ2) is 8.02. The lowest BCUT2D eigenvalue weighted by Crippen LogP contribution is -2.37. The van der Waals surface area contributed by atoms with Gasteiger partial charge in [0, 0.05) is 32.1 Å². The second-order valence-electron chi connectivity index (χ2n) is 7.23. The molecular formula is C22H25N3O3. The van der Waals surface area contributed by atoms with Crippen LogP contribution in [0.3, 0.4) is 0 Å². The lowest BCUT2D eigenvalue weighted by Gasteiger charge is -2.26. The van der Waals surface area contributed by atoms with Crippen LogP contribution in [-0.4, -0.2) is 46.6 Å². The Balaban J connectivity index is 1.58. The standard InChI is InChI=1S/C22H25N3O3/c1-16-12-24-14-18(7-10-21(24)23-16)22(26)25(15-20-4-3-11-28-20)13-17-5-8-19(27-2)9-6-17/h5-10,12,14,20H,3-4,11,13,15H2,1-2H3/t20-/m0/s1. The predicted molar refractivity (Wildman–Crippen MR) is 107 cm³/mol. The van der Waals surface area contributed by atoms with E-state index in [1.807, 2.05) is 65.0 Å². The fourth-order valence-corrected chi connectivity index (χ4v) is 3.63. The smallest absolute Gasteiger partial charge is 0.255 e. The summed E-state index contributed by atoms with van der Waals surface area (Å²) in [5.74, 6) is 0.807. The van der Waals surface area contributed by atoms with E-state index in [1.54, 1.807) is 7.11 Å². The van der Waals surface area contributed by atoms with Crippen molar-refractivity contribution in [3.05, 3.63) is 65.6 Å². The van der Waals surface area contributed by atoms with Crippen LogP contribution in [0, 0.1) is 6.92 Å². The van der Waals surface area contributed by atoms with E-state index in [0.717, 1.165) is 42.1 Å². The summed E-state index contributed by atoms with van der Waals surface area (Å²) in [4.78, 5) is 19.6. The molecule has 3 heterocycles. The van der Waals surface area contributed by atoms with E-state index in [2.05, 4.69) is 4.98 Å². The molecule has 6 heteroatoms. The SMILES string of the molecule is COc1ccc(CN(C[C@@H]2CCCO2)C(=O)c2ccc3nc(C)cn3c2)cc1. The highest BCUT2D eigenvalue weighted by Crippen LogP contribution is 2.19. The molecular weight excluding hydrogens is 354 g/mol. The number of pyridine rings is 1. The Morgan fingerprint density at radius 1 is 1.25 bits per heavy atom. The number of ether oxygens (including phenoxy) is 2. The zero-order valence-electron chi connectivity index (χ0n) is 16.3. The summed E-state index contributed by atoms with van der Waals surface area (Å²) in [5.41, 5.74) is 3.48. The number of aromatic nitrogens is 2. The highest BCUT2D eigenvalue weighted by molar-refractivity contribution is 5.94. The Morgan fingerprint density at radius 3 is 2.79 bits per heavy atom. The van der Waals surface area contributed by atoms with Crippen molar-refractivity contribution in [2.45, 2.75) is 32.4 Å². The van der Waals surface area contributed by atoms with Crippen LogP contribution in [0.25, 0.3) is 5.65 Å². The molecule has 0 spiro atoms. The normalized spacial score (nSPS) is 16.4. The summed E-state index contributed by atoms with van der Waals surface area (Å²) in [5, 5.41) is 0. The summed E-state index contributed by atoms with van der Waals surface area (Å²) in [6.45, 7) is 3.84. The minimum Gasteiger partial charge on any atom is -0.497 e. The summed E-state index contributed by atoms with van der Waals surface area (Å²) < 4.78 is 12.9. The molecule has 1 aromatic carbocycles. The third kappa shape index (κ3) is 4.02. The number of carbonyl (C=O) groups is 1. The quantitative estimate of drug-likeness (QED) is 0.658. The summed E-state index contributed by atoms with van der Waals surface area (Å²) >= 11 is 0. The van der Waals surface area contributed by atoms with Crippen LogP contribution in [0.1, 0.15) is 34.5 Å². The van der Waals surface area contributed by atoms with Gasteiger partial charge in [0.1, 0.15) is 11.4 Å². The van der Waals surface area contributed by atoms with Crippen molar-refractivity contribution in [3.63, 3.8) is 0 Å². The predicted octanol–water partition coefficient (Wildman–Crippen LogP) is 3.47. The van der Waals surface area contributed by atoms with Crippen LogP contribution in [0.5, 0.6) is 5.75 Å². The van der Waals surface area contributed by atoms with Crippen molar-refractivity contribution >= 4 is 11.6 Å². The lowest BCUT2D eigenvalue weighted by atomic mass is 10.1. The van der Waals surface area contributed by atoms with Crippen molar-refractivity contribution in [1.29, 1.82) is 0 Å². The van der Waals surface area contributed by atoms with E-state index < -0.39 is 0 Å². The molecule has 1 aliphatic rings. The number of nitrogens with zero attached hydrogens (tertiary/aromatic N) is 3. The zero-order valence-corrected chi connectivity index (χ0v) is 16.3. The summed E-state index contributed by atoms with van der Waals surface area (Å²) in [7, 11) is 1.65. The number of carbonyl (C=O) groups excluding carboxylic acids is 1. The molecule has 0 radical (unpaired) electrons. The molecule has 0 bridgehead atoms. The van der Waals surface area contributed by atoms with Gasteiger partial charge in [-0.15, -0.1) is 0 Å². The Bertz CT molecular complexity index is 959. The van der Waals surface area contributed by atoms with Gasteiger partial charge in [0.25, 0.3) is 5.91 Å². The van der Waals surface area contributed by atoms with Crippen LogP contribution in [-0.2, 0) is 11.3 Å². The molecule has 146 valence electrons. The van der Waals surface area contributed by atoms with Crippen LogP contribution in [0.2, 0.25) is 0 Å². The highest BCUT2D eigenvalue weighted by Gasteiger charge is 2.24. The minimum atomic E-state index is -0.000397. The number of hydrogen-bond donors (Lipinski definition) is 0. The van der Waals surface area contributed by atoms with Crippen molar-refractivity contribution in [3.8, 4) is 5.75 Å². The molecule has 1 amide bonds. The average Bonchev–Trinajstić information content (AvgIpc) is 3.35. The van der Waals surface area contributed by atoms with E-state index in [9.17, 15) is 4.79 Å². The molecule has 1 fully saturated rings. The van der Waals surface area contributed by atoms with Gasteiger partial charge >= 0.3 is 0 Å². The van der Waals surface area contributed by atoms with Gasteiger partial charge in [-0.25, -0.2) is 4.98 Å². The first-order valence-corrected chi connectivity index (χ1v) is 9.61. The largest absolute Gasteiger partial charge is 0.497 e. The van der Waals surface area contributed by atoms with Crippen LogP contribution < -0.4 is 4.74 Å². The third-order valence-electron chi connectivity index (χ3n) is 5.09. The number of amides is 1. The molecule has 28 heavy (non-hydrogen) atoms. The third-order valence-corrected chi connectivity index (χ3v) is 5.09. The van der Waals surface area contributed by atoms with Crippen LogP contribution in [0.15, 0.2) is 48.8 Å². The monoisotopic (exact) mass is 379 g/mol. The van der Waals surface area contributed by atoms with Gasteiger partial charge in [-0.1, -0.05) is 12.1 Å². The number of rotatable bonds is 6. The molecule has 0 unspecified atom stereocenters. The average molecular weight is 379 g/mol. The minimum absolute atomic E-state index is 0.000397. The summed E-state index contributed by atoms with van der Waals surface area (Å²) in [6.07, 6.45) is 5.93. The van der Waals surface area contributed by atoms with E-state index in [1.165, 1.54) is 0 Å². The molecule has 3 aromatic rings. The number of methoxy groups -OCH3 is 1. The van der Waals surface area contributed by atoms with Crippen molar-refractivity contribution in [2.75, 3.05) is 20.3 Å². The van der Waals surface area contributed by atoms with Gasteiger partial charge in [0.15, 0.2) is 0 Å². The highest BCUT2D eigenvalue weighted by atomic mass is 16.5. The van der Waals surface area contributed by atoms with E-state index in [-0.39, 0.29) is 12.0 Å². The number of imidazole rings is 1. The molecule has 1 saturated heterocycles. The molecule has 2 aromatic heterocycles. The van der Waals surface area contributed by atoms with Gasteiger partial charge < -0.3 is 18.8 Å². The van der Waals surface area contributed by atoms with Crippen molar-refractivity contribution < 1.29 is 14.3 Å². The van der Waals surface area contributed by atoms with Crippen molar-refractivity contribution in [1.82, 2.24) is 14.3 Å². The Morgan fingerprint density at radius 2 is 2.07 bits per heavy atom. The van der Waals surface area contributed by atoms with Gasteiger partial charge in [-0.05, 0) is 49.6 Å². The Kier molecular flexibility index (Phi) is 5.30. The molecule has 4 rings (SSSR count). The molecule has 1 aliphatic heterocycles. The molecule has 0 N–H and O–H groups in total. The van der Waals surface area contributed by atoms with Crippen LogP contribution in [0.4, 0.5) is 0 Å². The topological polar surface area (TPSA) is 56.1 Å². The number of aryl methyl sites for hydroxylation is 1.